The normalized spacial score (nSPS) is 11.5. The zero-order valence-electron chi connectivity index (χ0n) is 19.7. The maximum absolute atomic E-state index is 13.4. The molecule has 0 aliphatic rings. The van der Waals surface area contributed by atoms with E-state index in [4.69, 9.17) is 11.6 Å². The number of hydrogen-bond acceptors (Lipinski definition) is 5. The Morgan fingerprint density at radius 1 is 1.03 bits per heavy atom. The van der Waals surface area contributed by atoms with E-state index in [1.54, 1.807) is 44.2 Å². The highest BCUT2D eigenvalue weighted by molar-refractivity contribution is 6.30. The minimum absolute atomic E-state index is 0.0863. The van der Waals surface area contributed by atoms with Gasteiger partial charge in [-0.1, -0.05) is 11.6 Å². The number of halogens is 1. The molecule has 182 valence electrons. The Bertz CT molecular complexity index is 1560. The Balaban J connectivity index is 1.84. The fraction of sp³-hybridized carbons (Fsp3) is 0.292. The summed E-state index contributed by atoms with van der Waals surface area (Å²) in [7, 11) is 0. The summed E-state index contributed by atoms with van der Waals surface area (Å²) in [6, 6.07) is 10.7. The Labute approximate surface area is 205 Å². The van der Waals surface area contributed by atoms with E-state index in [-0.39, 0.29) is 46.8 Å². The first-order valence-electron chi connectivity index (χ1n) is 11.1. The molecule has 11 heteroatoms. The number of carbonyl (C=O) groups is 2. The fourth-order valence-electron chi connectivity index (χ4n) is 3.81. The molecule has 0 radical (unpaired) electrons. The second-order valence-corrected chi connectivity index (χ2v) is 9.20. The van der Waals surface area contributed by atoms with Gasteiger partial charge in [0.1, 0.15) is 6.54 Å². The third kappa shape index (κ3) is 4.69. The Kier molecular flexibility index (Phi) is 6.49. The van der Waals surface area contributed by atoms with Crippen molar-refractivity contribution in [1.29, 1.82) is 0 Å². The molecule has 0 aliphatic heterocycles. The predicted octanol–water partition coefficient (Wildman–Crippen LogP) is 2.82. The first-order valence-corrected chi connectivity index (χ1v) is 11.5. The van der Waals surface area contributed by atoms with Crippen LogP contribution in [0.2, 0.25) is 5.02 Å². The number of rotatable bonds is 6. The molecule has 0 saturated heterocycles. The molecule has 10 nitrogen and oxygen atoms in total. The van der Waals surface area contributed by atoms with E-state index in [9.17, 15) is 19.2 Å². The number of aromatic nitrogens is 4. The van der Waals surface area contributed by atoms with E-state index in [2.05, 4.69) is 15.7 Å². The SMILES string of the molecule is CC(C)NC(=O)c1ccc2c(=O)n(C(C)C)c3nn(CC(=O)Nc4ccc(Cl)cc4)c(=O)n3c2c1. The molecular weight excluding hydrogens is 472 g/mol. The summed E-state index contributed by atoms with van der Waals surface area (Å²) in [4.78, 5) is 51.8. The van der Waals surface area contributed by atoms with Gasteiger partial charge in [0.2, 0.25) is 11.7 Å². The van der Waals surface area contributed by atoms with Gasteiger partial charge in [-0.15, -0.1) is 5.10 Å². The van der Waals surface area contributed by atoms with Crippen LogP contribution in [-0.2, 0) is 11.3 Å². The van der Waals surface area contributed by atoms with E-state index in [1.807, 2.05) is 13.8 Å². The van der Waals surface area contributed by atoms with Crippen LogP contribution in [0.15, 0.2) is 52.1 Å². The highest BCUT2D eigenvalue weighted by Crippen LogP contribution is 2.17. The van der Waals surface area contributed by atoms with Gasteiger partial charge in [-0.25, -0.2) is 13.9 Å². The van der Waals surface area contributed by atoms with Crippen LogP contribution < -0.4 is 21.9 Å². The Morgan fingerprint density at radius 2 is 1.71 bits per heavy atom. The molecule has 0 spiro atoms. The molecule has 0 unspecified atom stereocenters. The van der Waals surface area contributed by atoms with E-state index in [0.717, 1.165) is 4.68 Å². The van der Waals surface area contributed by atoms with Gasteiger partial charge < -0.3 is 10.6 Å². The van der Waals surface area contributed by atoms with Crippen molar-refractivity contribution < 1.29 is 9.59 Å². The maximum Gasteiger partial charge on any atom is 0.352 e. The number of fused-ring (bicyclic) bond motifs is 3. The minimum atomic E-state index is -0.605. The van der Waals surface area contributed by atoms with E-state index < -0.39 is 11.6 Å². The molecule has 2 heterocycles. The first kappa shape index (κ1) is 24.2. The van der Waals surface area contributed by atoms with Gasteiger partial charge in [-0.3, -0.25) is 19.0 Å². The third-order valence-electron chi connectivity index (χ3n) is 5.35. The molecule has 2 aromatic heterocycles. The predicted molar refractivity (Wildman–Crippen MR) is 134 cm³/mol. The molecule has 2 amide bonds. The smallest absolute Gasteiger partial charge is 0.350 e. The van der Waals surface area contributed by atoms with Crippen LogP contribution in [0, 0.1) is 0 Å². The summed E-state index contributed by atoms with van der Waals surface area (Å²) in [6.45, 7) is 6.90. The monoisotopic (exact) mass is 496 g/mol. The average molecular weight is 497 g/mol. The van der Waals surface area contributed by atoms with Crippen LogP contribution in [0.5, 0.6) is 0 Å². The summed E-state index contributed by atoms with van der Waals surface area (Å²) in [5.74, 6) is -0.716. The molecule has 2 N–H and O–H groups in total. The van der Waals surface area contributed by atoms with Gasteiger partial charge in [-0.05, 0) is 70.2 Å². The zero-order valence-corrected chi connectivity index (χ0v) is 20.5. The number of benzene rings is 2. The molecule has 2 aromatic carbocycles. The zero-order chi connectivity index (χ0) is 25.4. The molecule has 35 heavy (non-hydrogen) atoms. The van der Waals surface area contributed by atoms with Crippen LogP contribution in [0.4, 0.5) is 5.69 Å². The van der Waals surface area contributed by atoms with Crippen LogP contribution in [-0.4, -0.2) is 36.6 Å². The fourth-order valence-corrected chi connectivity index (χ4v) is 3.93. The summed E-state index contributed by atoms with van der Waals surface area (Å²) >= 11 is 5.88. The molecule has 0 fully saturated rings. The Morgan fingerprint density at radius 3 is 2.34 bits per heavy atom. The van der Waals surface area contributed by atoms with Gasteiger partial charge in [0.15, 0.2) is 0 Å². The van der Waals surface area contributed by atoms with Crippen LogP contribution in [0.1, 0.15) is 44.1 Å². The molecule has 4 rings (SSSR count). The van der Waals surface area contributed by atoms with Crippen molar-refractivity contribution in [3.8, 4) is 0 Å². The highest BCUT2D eigenvalue weighted by atomic mass is 35.5. The van der Waals surface area contributed by atoms with E-state index in [1.165, 1.54) is 21.1 Å². The quantitative estimate of drug-likeness (QED) is 0.425. The number of nitrogens with one attached hydrogen (secondary N) is 2. The number of hydrogen-bond donors (Lipinski definition) is 2. The summed E-state index contributed by atoms with van der Waals surface area (Å²) in [5, 5.41) is 10.6. The number of anilines is 1. The summed E-state index contributed by atoms with van der Waals surface area (Å²) < 4.78 is 3.66. The van der Waals surface area contributed by atoms with Crippen LogP contribution in [0.3, 0.4) is 0 Å². The average Bonchev–Trinajstić information content (AvgIpc) is 3.09. The van der Waals surface area contributed by atoms with Crippen molar-refractivity contribution in [2.24, 2.45) is 0 Å². The van der Waals surface area contributed by atoms with E-state index in [0.29, 0.717) is 16.3 Å². The third-order valence-corrected chi connectivity index (χ3v) is 5.60. The van der Waals surface area contributed by atoms with Gasteiger partial charge in [0, 0.05) is 28.4 Å². The Hall–Kier alpha value is -3.92. The lowest BCUT2D eigenvalue weighted by atomic mass is 10.1. The van der Waals surface area contributed by atoms with Crippen molar-refractivity contribution in [1.82, 2.24) is 24.1 Å². The number of nitrogens with zero attached hydrogens (tertiary/aromatic N) is 4. The second kappa shape index (κ2) is 9.38. The van der Waals surface area contributed by atoms with Gasteiger partial charge in [-0.2, -0.15) is 0 Å². The standard InChI is InChI=1S/C24H25ClN6O4/c1-13(2)26-21(33)15-5-10-18-19(11-15)31-23(30(14(3)4)22(18)34)28-29(24(31)35)12-20(32)27-17-8-6-16(25)7-9-17/h5-11,13-14H,12H2,1-4H3,(H,26,33)(H,27,32). The molecular formula is C24H25ClN6O4. The molecule has 0 aliphatic carbocycles. The molecule has 4 aromatic rings. The lowest BCUT2D eigenvalue weighted by Gasteiger charge is -2.13. The van der Waals surface area contributed by atoms with Crippen molar-refractivity contribution in [2.45, 2.75) is 46.3 Å². The minimum Gasteiger partial charge on any atom is -0.350 e. The lowest BCUT2D eigenvalue weighted by Crippen LogP contribution is -2.31. The topological polar surface area (TPSA) is 120 Å². The lowest BCUT2D eigenvalue weighted by molar-refractivity contribution is -0.117. The number of amides is 2. The largest absolute Gasteiger partial charge is 0.352 e. The van der Waals surface area contributed by atoms with Crippen molar-refractivity contribution in [3.63, 3.8) is 0 Å². The van der Waals surface area contributed by atoms with E-state index >= 15 is 0 Å². The van der Waals surface area contributed by atoms with Gasteiger partial charge >= 0.3 is 5.69 Å². The molecule has 0 bridgehead atoms. The molecule has 0 atom stereocenters. The van der Waals surface area contributed by atoms with Crippen LogP contribution in [0.25, 0.3) is 16.7 Å². The van der Waals surface area contributed by atoms with Crippen molar-refractivity contribution >= 4 is 45.8 Å². The summed E-state index contributed by atoms with van der Waals surface area (Å²) in [5.41, 5.74) is 0.108. The maximum atomic E-state index is 13.4. The van der Waals surface area contributed by atoms with Crippen molar-refractivity contribution in [3.05, 3.63) is 73.9 Å². The highest BCUT2D eigenvalue weighted by Gasteiger charge is 2.21. The second-order valence-electron chi connectivity index (χ2n) is 8.76. The summed E-state index contributed by atoms with van der Waals surface area (Å²) in [6.07, 6.45) is 0. The molecule has 0 saturated carbocycles. The van der Waals surface area contributed by atoms with Gasteiger partial charge in [0.25, 0.3) is 11.5 Å². The number of carbonyl (C=O) groups excluding carboxylic acids is 2. The van der Waals surface area contributed by atoms with Gasteiger partial charge in [0.05, 0.1) is 10.9 Å². The van der Waals surface area contributed by atoms with Crippen LogP contribution >= 0.6 is 11.6 Å². The van der Waals surface area contributed by atoms with Crippen molar-refractivity contribution in [2.75, 3.05) is 5.32 Å². The first-order chi connectivity index (χ1) is 16.6.